The number of hydrogen-bond donors (Lipinski definition) is 4. The molecule has 0 spiro atoms. The Labute approximate surface area is 331 Å². The van der Waals surface area contributed by atoms with E-state index in [0.29, 0.717) is 0 Å². The van der Waals surface area contributed by atoms with E-state index in [-0.39, 0.29) is 12.5 Å². The second-order valence-electron chi connectivity index (χ2n) is 14.8. The van der Waals surface area contributed by atoms with Gasteiger partial charge in [-0.3, -0.25) is 14.4 Å². The molecule has 0 aromatic heterocycles. The molecule has 11 nitrogen and oxygen atoms in total. The number of aliphatic carboxylic acids is 1. The van der Waals surface area contributed by atoms with Crippen molar-refractivity contribution in [2.75, 3.05) is 6.61 Å². The summed E-state index contributed by atoms with van der Waals surface area (Å²) < 4.78 is 11.2. The van der Waals surface area contributed by atoms with Gasteiger partial charge in [0.2, 0.25) is 11.8 Å². The van der Waals surface area contributed by atoms with Crippen molar-refractivity contribution in [3.63, 3.8) is 0 Å². The van der Waals surface area contributed by atoms with Crippen LogP contribution in [0.5, 0.6) is 0 Å². The number of hydrogen-bond acceptors (Lipinski definition) is 7. The van der Waals surface area contributed by atoms with Crippen molar-refractivity contribution in [3.8, 4) is 11.1 Å². The van der Waals surface area contributed by atoms with Gasteiger partial charge in [0.05, 0.1) is 12.8 Å². The third-order valence-electron chi connectivity index (χ3n) is 9.68. The zero-order valence-electron chi connectivity index (χ0n) is 31.9. The lowest BCUT2D eigenvalue weighted by Crippen LogP contribution is -2.55. The summed E-state index contributed by atoms with van der Waals surface area (Å²) in [6.07, 6.45) is -2.44. The number of fused-ring (bicyclic) bond motifs is 3. The zero-order chi connectivity index (χ0) is 40.6. The molecule has 292 valence electrons. The van der Waals surface area contributed by atoms with Crippen LogP contribution in [0.25, 0.3) is 11.1 Å². The Kier molecular flexibility index (Phi) is 12.2. The van der Waals surface area contributed by atoms with Gasteiger partial charge >= 0.3 is 18.0 Å². The minimum Gasteiger partial charge on any atom is -0.481 e. The van der Waals surface area contributed by atoms with Crippen molar-refractivity contribution < 1.29 is 38.6 Å². The Morgan fingerprint density at radius 2 is 1.07 bits per heavy atom. The van der Waals surface area contributed by atoms with E-state index < -0.39 is 65.9 Å². The second kappa shape index (κ2) is 17.4. The first-order valence-corrected chi connectivity index (χ1v) is 18.7. The molecule has 0 radical (unpaired) electrons. The van der Waals surface area contributed by atoms with Gasteiger partial charge in [0.1, 0.15) is 29.8 Å². The second-order valence-corrected chi connectivity index (χ2v) is 14.8. The highest BCUT2D eigenvalue weighted by Crippen LogP contribution is 2.44. The lowest BCUT2D eigenvalue weighted by molar-refractivity contribution is -0.159. The van der Waals surface area contributed by atoms with Gasteiger partial charge in [-0.1, -0.05) is 140 Å². The molecule has 11 heteroatoms. The van der Waals surface area contributed by atoms with Gasteiger partial charge in [-0.15, -0.1) is 0 Å². The van der Waals surface area contributed by atoms with Crippen molar-refractivity contribution in [3.05, 3.63) is 167 Å². The van der Waals surface area contributed by atoms with E-state index in [4.69, 9.17) is 9.47 Å². The molecule has 4 N–H and O–H groups in total. The molecule has 5 aromatic rings. The number of esters is 1. The van der Waals surface area contributed by atoms with Crippen LogP contribution in [0.15, 0.2) is 140 Å². The third kappa shape index (κ3) is 9.38. The summed E-state index contributed by atoms with van der Waals surface area (Å²) in [4.78, 5) is 67.0. The van der Waals surface area contributed by atoms with E-state index in [1.165, 1.54) is 0 Å². The fourth-order valence-electron chi connectivity index (χ4n) is 7.23. The van der Waals surface area contributed by atoms with Crippen LogP contribution >= 0.6 is 0 Å². The number of carbonyl (C=O) groups excluding carboxylic acids is 4. The number of alkyl carbamates (subject to hydrolysis) is 1. The normalized spacial score (nSPS) is 13.2. The average molecular weight is 768 g/mol. The maximum Gasteiger partial charge on any atom is 0.407 e. The quantitative estimate of drug-likeness (QED) is 0.0719. The van der Waals surface area contributed by atoms with E-state index in [2.05, 4.69) is 16.0 Å². The van der Waals surface area contributed by atoms with Crippen molar-refractivity contribution in [1.29, 1.82) is 0 Å². The number of amides is 3. The molecule has 0 saturated heterocycles. The zero-order valence-corrected chi connectivity index (χ0v) is 31.9. The van der Waals surface area contributed by atoms with Gasteiger partial charge in [0.25, 0.3) is 0 Å². The summed E-state index contributed by atoms with van der Waals surface area (Å²) in [7, 11) is 0. The lowest BCUT2D eigenvalue weighted by Gasteiger charge is -2.37. The van der Waals surface area contributed by atoms with Gasteiger partial charge in [-0.2, -0.15) is 0 Å². The van der Waals surface area contributed by atoms with Crippen molar-refractivity contribution in [2.24, 2.45) is 0 Å². The molecule has 57 heavy (non-hydrogen) atoms. The standard InChI is InChI=1S/C46H45N3O8/c1-45(2,3)57-43(54)39(27-40(50)49-46(30-17-7-4-8-18-30,31-19-9-5-10-20-31)32-21-11-6-12-22-32)47-42(53)38(28-41(51)52)48-44(55)56-29-37-35-25-15-13-23-33(35)34-24-14-16-26-36(34)37/h4-26,37-39H,27-29H2,1-3H3,(H,47,53)(H,48,55)(H,49,50)(H,51,52)/t38-,39-/m0/s1. The van der Waals surface area contributed by atoms with E-state index in [1.807, 2.05) is 140 Å². The molecule has 2 atom stereocenters. The number of carboxylic acid groups (broad SMARTS) is 1. The first-order chi connectivity index (χ1) is 27.4. The van der Waals surface area contributed by atoms with Crippen molar-refractivity contribution >= 4 is 29.8 Å². The van der Waals surface area contributed by atoms with Crippen molar-refractivity contribution in [2.45, 2.75) is 62.8 Å². The molecule has 5 aromatic carbocycles. The molecule has 0 saturated carbocycles. The van der Waals surface area contributed by atoms with Crippen LogP contribution in [0.1, 0.15) is 67.3 Å². The molecule has 3 amide bonds. The monoisotopic (exact) mass is 767 g/mol. The Morgan fingerprint density at radius 3 is 1.53 bits per heavy atom. The summed E-state index contributed by atoms with van der Waals surface area (Å²) in [6.45, 7) is 4.84. The van der Waals surface area contributed by atoms with E-state index >= 15 is 0 Å². The Bertz CT molecular complexity index is 2080. The van der Waals surface area contributed by atoms with Crippen LogP contribution < -0.4 is 16.0 Å². The van der Waals surface area contributed by atoms with E-state index in [0.717, 1.165) is 38.9 Å². The molecular weight excluding hydrogens is 723 g/mol. The molecule has 6 rings (SSSR count). The van der Waals surface area contributed by atoms with Crippen LogP contribution in [-0.2, 0) is 34.2 Å². The SMILES string of the molecule is CC(C)(C)OC(=O)[C@H](CC(=O)NC(c1ccccc1)(c1ccccc1)c1ccccc1)NC(=O)[C@H](CC(=O)O)NC(=O)OCC1c2ccccc2-c2ccccc21. The molecule has 0 unspecified atom stereocenters. The summed E-state index contributed by atoms with van der Waals surface area (Å²) in [5, 5.41) is 17.8. The highest BCUT2D eigenvalue weighted by atomic mass is 16.6. The fraction of sp³-hybridized carbons (Fsp3) is 0.239. The van der Waals surface area contributed by atoms with Gasteiger partial charge in [-0.05, 0) is 59.7 Å². The summed E-state index contributed by atoms with van der Waals surface area (Å²) in [6, 6.07) is 40.4. The number of carboxylic acids is 1. The average Bonchev–Trinajstić information content (AvgIpc) is 3.52. The Balaban J connectivity index is 1.23. The van der Waals surface area contributed by atoms with Gasteiger partial charge in [0.15, 0.2) is 0 Å². The minimum absolute atomic E-state index is 0.0754. The largest absolute Gasteiger partial charge is 0.481 e. The van der Waals surface area contributed by atoms with Gasteiger partial charge in [-0.25, -0.2) is 9.59 Å². The Morgan fingerprint density at radius 1 is 0.614 bits per heavy atom. The Hall–Kier alpha value is -6.75. The smallest absolute Gasteiger partial charge is 0.407 e. The molecule has 1 aliphatic carbocycles. The predicted octanol–water partition coefficient (Wildman–Crippen LogP) is 6.69. The van der Waals surface area contributed by atoms with Gasteiger partial charge < -0.3 is 30.5 Å². The maximum atomic E-state index is 14.3. The highest BCUT2D eigenvalue weighted by molar-refractivity contribution is 5.94. The molecule has 0 aliphatic heterocycles. The van der Waals surface area contributed by atoms with Crippen LogP contribution in [0.3, 0.4) is 0 Å². The minimum atomic E-state index is -1.66. The lowest BCUT2D eigenvalue weighted by atomic mass is 9.77. The maximum absolute atomic E-state index is 14.3. The van der Waals surface area contributed by atoms with Crippen LogP contribution in [0, 0.1) is 0 Å². The van der Waals surface area contributed by atoms with E-state index in [1.54, 1.807) is 20.8 Å². The van der Waals surface area contributed by atoms with Crippen LogP contribution in [0.2, 0.25) is 0 Å². The molecule has 0 fully saturated rings. The number of nitrogens with one attached hydrogen (secondary N) is 3. The molecule has 0 bridgehead atoms. The fourth-order valence-corrected chi connectivity index (χ4v) is 7.23. The number of rotatable bonds is 14. The molecule has 1 aliphatic rings. The first kappa shape index (κ1) is 39.9. The summed E-state index contributed by atoms with van der Waals surface area (Å²) in [5.74, 6) is -4.23. The number of benzene rings is 5. The van der Waals surface area contributed by atoms with E-state index in [9.17, 15) is 29.1 Å². The highest BCUT2D eigenvalue weighted by Gasteiger charge is 2.40. The third-order valence-corrected chi connectivity index (χ3v) is 9.68. The molecular formula is C46H45N3O8. The number of ether oxygens (including phenoxy) is 2. The van der Waals surface area contributed by atoms with Gasteiger partial charge in [0, 0.05) is 5.92 Å². The van der Waals surface area contributed by atoms with Crippen LogP contribution in [-0.4, -0.2) is 59.2 Å². The van der Waals surface area contributed by atoms with Crippen molar-refractivity contribution in [1.82, 2.24) is 16.0 Å². The first-order valence-electron chi connectivity index (χ1n) is 18.7. The van der Waals surface area contributed by atoms with Crippen LogP contribution in [0.4, 0.5) is 4.79 Å². The summed E-state index contributed by atoms with van der Waals surface area (Å²) >= 11 is 0. The topological polar surface area (TPSA) is 160 Å². The number of carbonyl (C=O) groups is 5. The predicted molar refractivity (Wildman–Crippen MR) is 214 cm³/mol. The molecule has 0 heterocycles. The summed E-state index contributed by atoms with van der Waals surface area (Å²) in [5.41, 5.74) is 3.99.